The summed E-state index contributed by atoms with van der Waals surface area (Å²) in [5.41, 5.74) is 9.86. The fourth-order valence-corrected chi connectivity index (χ4v) is 4.44. The number of aryl methyl sites for hydroxylation is 2. The van der Waals surface area contributed by atoms with E-state index in [0.717, 1.165) is 35.1 Å². The molecule has 0 saturated carbocycles. The van der Waals surface area contributed by atoms with Crippen LogP contribution in [0.1, 0.15) is 41.2 Å². The molecule has 0 spiro atoms. The lowest BCUT2D eigenvalue weighted by Crippen LogP contribution is -2.43. The van der Waals surface area contributed by atoms with Gasteiger partial charge in [0.05, 0.1) is 12.2 Å². The summed E-state index contributed by atoms with van der Waals surface area (Å²) >= 11 is 0. The smallest absolute Gasteiger partial charge is 0.507 e. The molecule has 3 N–H and O–H groups in total. The van der Waals surface area contributed by atoms with E-state index in [1.165, 1.54) is 0 Å². The molecule has 7 heteroatoms. The van der Waals surface area contributed by atoms with Crippen molar-refractivity contribution in [2.45, 2.75) is 45.3 Å². The molecule has 0 aliphatic carbocycles. The normalized spacial score (nSPS) is 22.0. The first-order valence-corrected chi connectivity index (χ1v) is 10.8. The molecule has 0 bridgehead atoms. The molecule has 4 rings (SSSR count). The molecule has 2 atom stereocenters. The Balaban J connectivity index is 1.33. The van der Waals surface area contributed by atoms with Crippen molar-refractivity contribution in [3.63, 3.8) is 0 Å². The largest absolute Gasteiger partial charge is 0.533 e. The molecule has 1 saturated heterocycles. The van der Waals surface area contributed by atoms with Crippen LogP contribution in [0, 0.1) is 19.8 Å². The molecule has 2 aromatic carbocycles. The fraction of sp³-hybridized carbons (Fsp3) is 0.458. The van der Waals surface area contributed by atoms with Gasteiger partial charge in [-0.25, -0.2) is 4.79 Å². The molecular weight excluding hydrogens is 396 g/mol. The van der Waals surface area contributed by atoms with E-state index in [1.807, 2.05) is 38.1 Å². The molecule has 0 unspecified atom stereocenters. The number of hydroxylamine groups is 2. The van der Waals surface area contributed by atoms with E-state index in [0.29, 0.717) is 43.5 Å². The number of rotatable bonds is 4. The minimum atomic E-state index is -0.728. The topological polar surface area (TPSA) is 94.2 Å². The first-order valence-electron chi connectivity index (χ1n) is 10.8. The average molecular weight is 427 g/mol. The molecule has 0 aromatic heterocycles. The van der Waals surface area contributed by atoms with Crippen molar-refractivity contribution in [2.75, 3.05) is 19.6 Å². The highest BCUT2D eigenvalue weighted by Gasteiger charge is 2.36. The Kier molecular flexibility index (Phi) is 6.46. The predicted octanol–water partition coefficient (Wildman–Crippen LogP) is 3.79. The zero-order valence-electron chi connectivity index (χ0n) is 18.0. The van der Waals surface area contributed by atoms with Crippen molar-refractivity contribution in [1.82, 2.24) is 5.06 Å². The van der Waals surface area contributed by atoms with E-state index in [2.05, 4.69) is 0 Å². The van der Waals surface area contributed by atoms with Crippen LogP contribution >= 0.6 is 0 Å². The maximum Gasteiger partial charge on any atom is 0.533 e. The summed E-state index contributed by atoms with van der Waals surface area (Å²) in [5, 5.41) is 12.2. The van der Waals surface area contributed by atoms with Gasteiger partial charge < -0.3 is 25.2 Å². The van der Waals surface area contributed by atoms with Crippen molar-refractivity contribution in [3.8, 4) is 11.5 Å². The maximum absolute atomic E-state index is 12.1. The highest BCUT2D eigenvalue weighted by Crippen LogP contribution is 2.40. The highest BCUT2D eigenvalue weighted by molar-refractivity contribution is 5.63. The summed E-state index contributed by atoms with van der Waals surface area (Å²) in [7, 11) is 0. The van der Waals surface area contributed by atoms with Crippen LogP contribution in [0.4, 0.5) is 4.79 Å². The lowest BCUT2D eigenvalue weighted by atomic mass is 9.83. The number of aromatic hydroxyl groups is 1. The van der Waals surface area contributed by atoms with Crippen LogP contribution in [0.15, 0.2) is 36.4 Å². The summed E-state index contributed by atoms with van der Waals surface area (Å²) in [6.45, 7) is 5.46. The molecule has 7 nitrogen and oxygen atoms in total. The molecule has 31 heavy (non-hydrogen) atoms. The molecule has 166 valence electrons. The van der Waals surface area contributed by atoms with Crippen LogP contribution in [-0.2, 0) is 16.0 Å². The van der Waals surface area contributed by atoms with Gasteiger partial charge in [-0.2, -0.15) is 0 Å². The first-order chi connectivity index (χ1) is 14.9. The number of hydrogen-bond acceptors (Lipinski definition) is 7. The van der Waals surface area contributed by atoms with Crippen molar-refractivity contribution >= 4 is 6.16 Å². The Hall–Kier alpha value is -2.61. The second kappa shape index (κ2) is 9.26. The molecule has 2 aromatic rings. The Morgan fingerprint density at radius 1 is 1.16 bits per heavy atom. The quantitative estimate of drug-likeness (QED) is 0.567. The summed E-state index contributed by atoms with van der Waals surface area (Å²) in [5.74, 6) is 1.11. The van der Waals surface area contributed by atoms with Crippen LogP contribution in [0.3, 0.4) is 0 Å². The monoisotopic (exact) mass is 426 g/mol. The summed E-state index contributed by atoms with van der Waals surface area (Å²) in [6, 6.07) is 11.2. The Labute approximate surface area is 182 Å². The van der Waals surface area contributed by atoms with Gasteiger partial charge in [-0.3, -0.25) is 0 Å². The van der Waals surface area contributed by atoms with Crippen LogP contribution in [-0.4, -0.2) is 42.1 Å². The Morgan fingerprint density at radius 3 is 2.55 bits per heavy atom. The standard InChI is InChI=1S/C24H30N2O5/c1-15-3-6-18(7-4-15)29-24(28)31-26-11-9-17(10-12-26)21-13-20-19(22(14-25)30-21)8-5-16(2)23(20)27/h3-8,17,21-22,27H,9-14,25H2,1-2H3/t21-,22-/m0/s1. The number of benzene rings is 2. The fourth-order valence-electron chi connectivity index (χ4n) is 4.44. The molecular formula is C24H30N2O5. The third-order valence-electron chi connectivity index (χ3n) is 6.28. The van der Waals surface area contributed by atoms with Crippen molar-refractivity contribution in [1.29, 1.82) is 0 Å². The van der Waals surface area contributed by atoms with E-state index in [4.69, 9.17) is 20.0 Å². The molecule has 0 amide bonds. The van der Waals surface area contributed by atoms with Gasteiger partial charge in [0.1, 0.15) is 11.5 Å². The lowest BCUT2D eigenvalue weighted by Gasteiger charge is -2.39. The first kappa shape index (κ1) is 21.6. The minimum absolute atomic E-state index is 0.0181. The van der Waals surface area contributed by atoms with Crippen molar-refractivity contribution in [2.24, 2.45) is 11.7 Å². The van der Waals surface area contributed by atoms with Gasteiger partial charge in [0.25, 0.3) is 0 Å². The van der Waals surface area contributed by atoms with Crippen molar-refractivity contribution in [3.05, 3.63) is 58.7 Å². The molecule has 0 radical (unpaired) electrons. The third kappa shape index (κ3) is 4.84. The van der Waals surface area contributed by atoms with Crippen LogP contribution < -0.4 is 10.5 Å². The SMILES string of the molecule is Cc1ccc(OC(=O)ON2CCC([C@@H]3Cc4c(ccc(C)c4O)[C@H](CN)O3)CC2)cc1. The Morgan fingerprint density at radius 2 is 1.87 bits per heavy atom. The number of piperidine rings is 1. The number of phenols is 1. The summed E-state index contributed by atoms with van der Waals surface area (Å²) < 4.78 is 11.6. The Bertz CT molecular complexity index is 922. The number of nitrogens with two attached hydrogens (primary N) is 1. The van der Waals surface area contributed by atoms with E-state index < -0.39 is 6.16 Å². The molecule has 2 aliphatic rings. The number of nitrogens with zero attached hydrogens (tertiary/aromatic N) is 1. The van der Waals surface area contributed by atoms with Gasteiger partial charge in [-0.1, -0.05) is 29.8 Å². The van der Waals surface area contributed by atoms with Gasteiger partial charge in [0.2, 0.25) is 0 Å². The third-order valence-corrected chi connectivity index (χ3v) is 6.28. The van der Waals surface area contributed by atoms with Crippen molar-refractivity contribution < 1.29 is 24.2 Å². The van der Waals surface area contributed by atoms with E-state index in [-0.39, 0.29) is 12.2 Å². The van der Waals surface area contributed by atoms with Gasteiger partial charge in [-0.05, 0) is 55.9 Å². The van der Waals surface area contributed by atoms with E-state index in [9.17, 15) is 9.90 Å². The maximum atomic E-state index is 12.1. The summed E-state index contributed by atoms with van der Waals surface area (Å²) in [6.07, 6.45) is 1.35. The number of carbonyl (C=O) groups excluding carboxylic acids is 1. The zero-order valence-corrected chi connectivity index (χ0v) is 18.0. The molecule has 1 fully saturated rings. The number of fused-ring (bicyclic) bond motifs is 1. The average Bonchev–Trinajstić information content (AvgIpc) is 2.78. The van der Waals surface area contributed by atoms with Crippen LogP contribution in [0.5, 0.6) is 11.5 Å². The van der Waals surface area contributed by atoms with E-state index in [1.54, 1.807) is 17.2 Å². The highest BCUT2D eigenvalue weighted by atomic mass is 16.8. The van der Waals surface area contributed by atoms with Gasteiger partial charge in [0.15, 0.2) is 0 Å². The second-order valence-corrected chi connectivity index (χ2v) is 8.42. The lowest BCUT2D eigenvalue weighted by molar-refractivity contribution is -0.147. The minimum Gasteiger partial charge on any atom is -0.507 e. The van der Waals surface area contributed by atoms with Crippen LogP contribution in [0.2, 0.25) is 0 Å². The number of carbonyl (C=O) groups is 1. The molecule has 2 aliphatic heterocycles. The van der Waals surface area contributed by atoms with Crippen LogP contribution in [0.25, 0.3) is 0 Å². The number of ether oxygens (including phenoxy) is 2. The second-order valence-electron chi connectivity index (χ2n) is 8.42. The van der Waals surface area contributed by atoms with Gasteiger partial charge >= 0.3 is 6.16 Å². The predicted molar refractivity (Wildman–Crippen MR) is 116 cm³/mol. The number of phenolic OH excluding ortho intramolecular Hbond substituents is 1. The van der Waals surface area contributed by atoms with E-state index >= 15 is 0 Å². The van der Waals surface area contributed by atoms with Gasteiger partial charge in [-0.15, -0.1) is 5.06 Å². The molecule has 2 heterocycles. The number of hydrogen-bond donors (Lipinski definition) is 2. The summed E-state index contributed by atoms with van der Waals surface area (Å²) in [4.78, 5) is 17.5. The van der Waals surface area contributed by atoms with Gasteiger partial charge in [0, 0.05) is 31.6 Å². The zero-order chi connectivity index (χ0) is 22.0.